The van der Waals surface area contributed by atoms with E-state index in [1.807, 2.05) is 18.2 Å². The molecule has 2 aromatic carbocycles. The number of likely N-dealkylation sites (tertiary alicyclic amines) is 1. The lowest BCUT2D eigenvalue weighted by Gasteiger charge is -2.32. The Morgan fingerprint density at radius 1 is 1.23 bits per heavy atom. The van der Waals surface area contributed by atoms with Gasteiger partial charge in [-0.2, -0.15) is 8.78 Å². The Labute approximate surface area is 252 Å². The van der Waals surface area contributed by atoms with Gasteiger partial charge in [0.25, 0.3) is 5.79 Å². The number of rotatable bonds is 11. The molecule has 5 rings (SSSR count). The van der Waals surface area contributed by atoms with Crippen molar-refractivity contribution in [2.45, 2.75) is 58.1 Å². The molecule has 0 radical (unpaired) electrons. The van der Waals surface area contributed by atoms with Crippen LogP contribution in [-0.2, 0) is 33.1 Å². The summed E-state index contributed by atoms with van der Waals surface area (Å²) in [4.78, 5) is 18.6. The van der Waals surface area contributed by atoms with Gasteiger partial charge in [-0.05, 0) is 69.1 Å². The summed E-state index contributed by atoms with van der Waals surface area (Å²) in [6.07, 6.45) is 6.11. The van der Waals surface area contributed by atoms with E-state index in [2.05, 4.69) is 14.6 Å². The van der Waals surface area contributed by atoms with Crippen molar-refractivity contribution in [2.75, 3.05) is 26.3 Å². The number of hydrogen-bond donors (Lipinski definition) is 0. The van der Waals surface area contributed by atoms with Crippen molar-refractivity contribution in [3.63, 3.8) is 0 Å². The van der Waals surface area contributed by atoms with Gasteiger partial charge in [0.1, 0.15) is 11.6 Å². The van der Waals surface area contributed by atoms with E-state index < -0.39 is 24.2 Å². The van der Waals surface area contributed by atoms with Crippen LogP contribution in [0.4, 0.5) is 13.2 Å². The second-order valence-corrected chi connectivity index (χ2v) is 10.9. The summed E-state index contributed by atoms with van der Waals surface area (Å²) in [5.41, 5.74) is 1.86. The Morgan fingerprint density at radius 3 is 2.74 bits per heavy atom. The highest BCUT2D eigenvalue weighted by Crippen LogP contribution is 2.49. The standard InChI is InChI=1S/C31H33ClF3N3O5/c1-3-40-28(39)10-8-22-18-36-27(38(22)15-16-41-30(34)35)19-37-13-11-20(12-14-37)23-5-4-6-26-29(23)43-31(2,42-26)24-9-7-21(32)17-25(24)33/h4-10,17-18,20,30H,3,11-16,19H2,1-2H3/b10-8+. The number of esters is 1. The van der Waals surface area contributed by atoms with Gasteiger partial charge < -0.3 is 23.5 Å². The molecule has 1 aromatic heterocycles. The van der Waals surface area contributed by atoms with Crippen LogP contribution < -0.4 is 9.47 Å². The Kier molecular flexibility index (Phi) is 9.63. The van der Waals surface area contributed by atoms with E-state index in [0.717, 1.165) is 31.5 Å². The van der Waals surface area contributed by atoms with E-state index in [1.54, 1.807) is 42.8 Å². The van der Waals surface area contributed by atoms with Crippen molar-refractivity contribution in [2.24, 2.45) is 0 Å². The molecule has 43 heavy (non-hydrogen) atoms. The van der Waals surface area contributed by atoms with Gasteiger partial charge in [0.05, 0.1) is 37.2 Å². The molecule has 230 valence electrons. The predicted molar refractivity (Wildman–Crippen MR) is 154 cm³/mol. The minimum absolute atomic E-state index is 0.152. The lowest BCUT2D eigenvalue weighted by Crippen LogP contribution is -2.34. The van der Waals surface area contributed by atoms with Crippen LogP contribution >= 0.6 is 11.6 Å². The fourth-order valence-electron chi connectivity index (χ4n) is 5.56. The number of halogens is 4. The van der Waals surface area contributed by atoms with Gasteiger partial charge in [0.15, 0.2) is 11.5 Å². The van der Waals surface area contributed by atoms with Crippen LogP contribution in [-0.4, -0.2) is 53.3 Å². The molecular formula is C31H33ClF3N3O5. The number of carbonyl (C=O) groups excluding carboxylic acids is 1. The van der Waals surface area contributed by atoms with Crippen LogP contribution in [0.1, 0.15) is 55.3 Å². The van der Waals surface area contributed by atoms with Crippen molar-refractivity contribution in [3.8, 4) is 11.5 Å². The highest BCUT2D eigenvalue weighted by atomic mass is 35.5. The summed E-state index contributed by atoms with van der Waals surface area (Å²) in [6, 6.07) is 10.2. The van der Waals surface area contributed by atoms with E-state index >= 15 is 0 Å². The molecule has 0 amide bonds. The molecule has 2 aliphatic rings. The van der Waals surface area contributed by atoms with Crippen molar-refractivity contribution < 1.29 is 36.9 Å². The normalized spacial score (nSPS) is 19.0. The monoisotopic (exact) mass is 619 g/mol. The van der Waals surface area contributed by atoms with Crippen LogP contribution in [0.3, 0.4) is 0 Å². The lowest BCUT2D eigenvalue weighted by atomic mass is 9.88. The highest BCUT2D eigenvalue weighted by Gasteiger charge is 2.43. The summed E-state index contributed by atoms with van der Waals surface area (Å²) in [7, 11) is 0. The molecule has 8 nitrogen and oxygen atoms in total. The first kappa shape index (κ1) is 30.9. The molecule has 12 heteroatoms. The third kappa shape index (κ3) is 7.17. The quantitative estimate of drug-likeness (QED) is 0.179. The maximum atomic E-state index is 14.8. The topological polar surface area (TPSA) is 75.0 Å². The number of imidazole rings is 1. The van der Waals surface area contributed by atoms with Gasteiger partial charge >= 0.3 is 12.6 Å². The van der Waals surface area contributed by atoms with Crippen LogP contribution in [0.15, 0.2) is 48.7 Å². The molecule has 1 atom stereocenters. The zero-order chi connectivity index (χ0) is 30.6. The number of piperidine rings is 1. The Hall–Kier alpha value is -3.54. The Bertz CT molecular complexity index is 1470. The molecule has 3 heterocycles. The summed E-state index contributed by atoms with van der Waals surface area (Å²) in [5, 5.41) is 0.293. The molecule has 0 N–H and O–H groups in total. The number of benzene rings is 2. The Morgan fingerprint density at radius 2 is 2.02 bits per heavy atom. The van der Waals surface area contributed by atoms with Gasteiger partial charge in [-0.3, -0.25) is 4.90 Å². The lowest BCUT2D eigenvalue weighted by molar-refractivity contribution is -0.137. The fraction of sp³-hybridized carbons (Fsp3) is 0.419. The van der Waals surface area contributed by atoms with Gasteiger partial charge in [-0.15, -0.1) is 0 Å². The minimum Gasteiger partial charge on any atom is -0.463 e. The molecule has 2 aliphatic heterocycles. The third-order valence-corrected chi connectivity index (χ3v) is 7.86. The Balaban J connectivity index is 1.26. The van der Waals surface area contributed by atoms with Gasteiger partial charge in [-0.1, -0.05) is 23.7 Å². The second kappa shape index (κ2) is 13.4. The molecule has 1 unspecified atom stereocenters. The zero-order valence-electron chi connectivity index (χ0n) is 23.9. The first-order valence-electron chi connectivity index (χ1n) is 14.1. The van der Waals surface area contributed by atoms with Crippen LogP contribution in [0, 0.1) is 5.82 Å². The fourth-order valence-corrected chi connectivity index (χ4v) is 5.72. The molecule has 0 bridgehead atoms. The molecule has 3 aromatic rings. The van der Waals surface area contributed by atoms with E-state index in [4.69, 9.17) is 25.8 Å². The SMILES string of the molecule is CCOC(=O)/C=C/c1cnc(CN2CCC(c3cccc4c3OC(C)(c3ccc(Cl)cc3F)O4)CC2)n1CCOC(F)F. The van der Waals surface area contributed by atoms with Crippen LogP contribution in [0.2, 0.25) is 5.02 Å². The number of hydrogen-bond acceptors (Lipinski definition) is 7. The zero-order valence-corrected chi connectivity index (χ0v) is 24.7. The van der Waals surface area contributed by atoms with Crippen LogP contribution in [0.5, 0.6) is 11.5 Å². The number of alkyl halides is 2. The smallest absolute Gasteiger partial charge is 0.345 e. The van der Waals surface area contributed by atoms with Gasteiger partial charge in [0.2, 0.25) is 0 Å². The van der Waals surface area contributed by atoms with Crippen LogP contribution in [0.25, 0.3) is 6.08 Å². The van der Waals surface area contributed by atoms with Gasteiger partial charge in [-0.25, -0.2) is 14.2 Å². The number of ether oxygens (including phenoxy) is 4. The van der Waals surface area contributed by atoms with Crippen molar-refractivity contribution in [1.29, 1.82) is 0 Å². The summed E-state index contributed by atoms with van der Waals surface area (Å²) >= 11 is 5.94. The average molecular weight is 620 g/mol. The van der Waals surface area contributed by atoms with Gasteiger partial charge in [0, 0.05) is 30.1 Å². The summed E-state index contributed by atoms with van der Waals surface area (Å²) < 4.78 is 63.6. The molecule has 0 saturated carbocycles. The minimum atomic E-state index is -2.87. The number of fused-ring (bicyclic) bond motifs is 1. The van der Waals surface area contributed by atoms with Crippen molar-refractivity contribution >= 4 is 23.6 Å². The molecule has 1 saturated heterocycles. The molecular weight excluding hydrogens is 587 g/mol. The predicted octanol–water partition coefficient (Wildman–Crippen LogP) is 6.51. The third-order valence-electron chi connectivity index (χ3n) is 7.63. The van der Waals surface area contributed by atoms with E-state index in [-0.39, 0.29) is 31.2 Å². The number of carbonyl (C=O) groups is 1. The van der Waals surface area contributed by atoms with E-state index in [0.29, 0.717) is 34.6 Å². The molecule has 1 fully saturated rings. The van der Waals surface area contributed by atoms with Crippen molar-refractivity contribution in [1.82, 2.24) is 14.5 Å². The number of nitrogens with zero attached hydrogens (tertiary/aromatic N) is 3. The summed E-state index contributed by atoms with van der Waals surface area (Å²) in [5.74, 6) is -0.274. The van der Waals surface area contributed by atoms with E-state index in [1.165, 1.54) is 12.1 Å². The first-order valence-corrected chi connectivity index (χ1v) is 14.5. The molecule has 0 spiro atoms. The van der Waals surface area contributed by atoms with E-state index in [9.17, 15) is 18.0 Å². The highest BCUT2D eigenvalue weighted by molar-refractivity contribution is 6.30. The maximum absolute atomic E-state index is 14.8. The second-order valence-electron chi connectivity index (χ2n) is 10.5. The van der Waals surface area contributed by atoms with Crippen molar-refractivity contribution in [3.05, 3.63) is 82.2 Å². The maximum Gasteiger partial charge on any atom is 0.345 e. The average Bonchev–Trinajstić information content (AvgIpc) is 3.52. The number of para-hydroxylation sites is 1. The number of aromatic nitrogens is 2. The molecule has 0 aliphatic carbocycles. The summed E-state index contributed by atoms with van der Waals surface area (Å²) in [6.45, 7) is 2.73. The first-order chi connectivity index (χ1) is 20.7. The largest absolute Gasteiger partial charge is 0.463 e.